The number of carbonyl (C=O) groups excluding carboxylic acids is 2. The quantitative estimate of drug-likeness (QED) is 0.684. The van der Waals surface area contributed by atoms with Crippen molar-refractivity contribution in [1.29, 1.82) is 0 Å². The van der Waals surface area contributed by atoms with Gasteiger partial charge in [0.1, 0.15) is 11.2 Å². The highest BCUT2D eigenvalue weighted by atomic mass is 32.2. The van der Waals surface area contributed by atoms with Crippen LogP contribution in [0.1, 0.15) is 17.3 Å². The fourth-order valence-electron chi connectivity index (χ4n) is 1.82. The summed E-state index contributed by atoms with van der Waals surface area (Å²) in [4.78, 5) is 34.5. The van der Waals surface area contributed by atoms with Gasteiger partial charge in [-0.15, -0.1) is 0 Å². The third-order valence-electron chi connectivity index (χ3n) is 2.86. The number of hydrogen-bond acceptors (Lipinski definition) is 9. The summed E-state index contributed by atoms with van der Waals surface area (Å²) in [7, 11) is -3.04. The van der Waals surface area contributed by atoms with E-state index >= 15 is 0 Å². The Kier molecular flexibility index (Phi) is 6.01. The van der Waals surface area contributed by atoms with Crippen molar-refractivity contribution < 1.29 is 27.5 Å². The topological polar surface area (TPSA) is 149 Å². The largest absolute Gasteiger partial charge is 0.467 e. The molecular formula is C14H15N5O6S. The summed E-state index contributed by atoms with van der Waals surface area (Å²) in [5.74, 6) is -1.04. The van der Waals surface area contributed by atoms with Gasteiger partial charge in [-0.05, 0) is 19.1 Å². The molecule has 0 aliphatic carbocycles. The van der Waals surface area contributed by atoms with E-state index in [1.807, 2.05) is 0 Å². The van der Waals surface area contributed by atoms with E-state index in [-0.39, 0.29) is 24.1 Å². The average Bonchev–Trinajstić information content (AvgIpc) is 2.61. The zero-order chi connectivity index (χ0) is 19.2. The minimum Gasteiger partial charge on any atom is -0.467 e. The number of carbonyl (C=O) groups is 2. The number of nitrogens with one attached hydrogen (secondary N) is 2. The molecule has 0 atom stereocenters. The molecule has 0 aliphatic heterocycles. The number of sulfonamides is 1. The van der Waals surface area contributed by atoms with Crippen LogP contribution < -0.4 is 14.8 Å². The maximum absolute atomic E-state index is 12.4. The lowest BCUT2D eigenvalue weighted by molar-refractivity contribution is 0.0521. The molecule has 2 rings (SSSR count). The predicted molar refractivity (Wildman–Crippen MR) is 88.1 cm³/mol. The first-order valence-corrected chi connectivity index (χ1v) is 8.68. The normalized spacial score (nSPS) is 10.7. The molecule has 0 aliphatic rings. The van der Waals surface area contributed by atoms with Crippen molar-refractivity contribution >= 4 is 28.0 Å². The Balaban J connectivity index is 2.20. The van der Waals surface area contributed by atoms with E-state index in [0.29, 0.717) is 0 Å². The zero-order valence-corrected chi connectivity index (χ0v) is 14.6. The molecule has 1 heterocycles. The maximum Gasteiger partial charge on any atom is 0.339 e. The molecule has 26 heavy (non-hydrogen) atoms. The Morgan fingerprint density at radius 3 is 2.62 bits per heavy atom. The van der Waals surface area contributed by atoms with Crippen LogP contribution in [0.3, 0.4) is 0 Å². The molecule has 2 amide bonds. The summed E-state index contributed by atoms with van der Waals surface area (Å²) in [6.45, 7) is 1.66. The van der Waals surface area contributed by atoms with Crippen molar-refractivity contribution in [3.8, 4) is 6.01 Å². The first-order chi connectivity index (χ1) is 12.4. The lowest BCUT2D eigenvalue weighted by Gasteiger charge is -2.11. The van der Waals surface area contributed by atoms with Crippen LogP contribution in [0, 0.1) is 0 Å². The monoisotopic (exact) mass is 381 g/mol. The van der Waals surface area contributed by atoms with Gasteiger partial charge in [-0.2, -0.15) is 9.97 Å². The van der Waals surface area contributed by atoms with Crippen LogP contribution in [0.4, 0.5) is 10.7 Å². The number of benzene rings is 1. The van der Waals surface area contributed by atoms with Crippen molar-refractivity contribution in [2.24, 2.45) is 0 Å². The summed E-state index contributed by atoms with van der Waals surface area (Å²) in [5, 5.41) is 2.13. The van der Waals surface area contributed by atoms with Crippen LogP contribution in [-0.4, -0.2) is 49.1 Å². The third kappa shape index (κ3) is 4.63. The van der Waals surface area contributed by atoms with Crippen LogP contribution in [0.15, 0.2) is 35.5 Å². The molecule has 12 heteroatoms. The van der Waals surface area contributed by atoms with E-state index in [0.717, 1.165) is 6.33 Å². The molecule has 0 bridgehead atoms. The predicted octanol–water partition coefficient (Wildman–Crippen LogP) is 0.567. The number of ether oxygens (including phenoxy) is 2. The fraction of sp³-hybridized carbons (Fsp3) is 0.214. The van der Waals surface area contributed by atoms with Crippen molar-refractivity contribution in [1.82, 2.24) is 19.7 Å². The number of aromatic nitrogens is 3. The van der Waals surface area contributed by atoms with Crippen molar-refractivity contribution in [3.63, 3.8) is 0 Å². The third-order valence-corrected chi connectivity index (χ3v) is 4.25. The second-order valence-electron chi connectivity index (χ2n) is 4.57. The molecule has 0 spiro atoms. The van der Waals surface area contributed by atoms with Gasteiger partial charge in [0.25, 0.3) is 10.0 Å². The van der Waals surface area contributed by atoms with Gasteiger partial charge < -0.3 is 9.47 Å². The van der Waals surface area contributed by atoms with Crippen molar-refractivity contribution in [2.75, 3.05) is 19.0 Å². The summed E-state index contributed by atoms with van der Waals surface area (Å²) in [6, 6.07) is 4.14. The summed E-state index contributed by atoms with van der Waals surface area (Å²) in [6.07, 6.45) is 1.08. The number of amides is 2. The number of nitrogens with zero attached hydrogens (tertiary/aromatic N) is 3. The summed E-state index contributed by atoms with van der Waals surface area (Å²) < 4.78 is 36.2. The Morgan fingerprint density at radius 1 is 1.19 bits per heavy atom. The second-order valence-corrected chi connectivity index (χ2v) is 6.22. The van der Waals surface area contributed by atoms with Crippen LogP contribution in [0.2, 0.25) is 0 Å². The van der Waals surface area contributed by atoms with E-state index in [9.17, 15) is 18.0 Å². The molecular weight excluding hydrogens is 366 g/mol. The van der Waals surface area contributed by atoms with Crippen LogP contribution in [-0.2, 0) is 14.8 Å². The van der Waals surface area contributed by atoms with E-state index < -0.39 is 26.9 Å². The van der Waals surface area contributed by atoms with E-state index in [1.54, 1.807) is 11.6 Å². The van der Waals surface area contributed by atoms with Crippen LogP contribution in [0.5, 0.6) is 6.01 Å². The number of anilines is 1. The first-order valence-electron chi connectivity index (χ1n) is 7.20. The van der Waals surface area contributed by atoms with E-state index in [1.165, 1.54) is 31.4 Å². The van der Waals surface area contributed by atoms with E-state index in [2.05, 4.69) is 20.3 Å². The van der Waals surface area contributed by atoms with Crippen LogP contribution >= 0.6 is 0 Å². The highest BCUT2D eigenvalue weighted by Crippen LogP contribution is 2.16. The van der Waals surface area contributed by atoms with Crippen molar-refractivity contribution in [2.45, 2.75) is 11.8 Å². The fourth-order valence-corrected chi connectivity index (χ4v) is 2.93. The molecule has 0 saturated carbocycles. The number of urea groups is 1. The van der Waals surface area contributed by atoms with Gasteiger partial charge in [0.2, 0.25) is 5.95 Å². The zero-order valence-electron chi connectivity index (χ0n) is 13.8. The second kappa shape index (κ2) is 8.20. The van der Waals surface area contributed by atoms with Gasteiger partial charge in [-0.3, -0.25) is 5.32 Å². The molecule has 0 unspecified atom stereocenters. The minimum atomic E-state index is -4.35. The van der Waals surface area contributed by atoms with Crippen molar-refractivity contribution in [3.05, 3.63) is 36.2 Å². The molecule has 1 aromatic carbocycles. The molecule has 11 nitrogen and oxygen atoms in total. The molecule has 2 N–H and O–H groups in total. The molecule has 138 valence electrons. The lowest BCUT2D eigenvalue weighted by atomic mass is 10.2. The van der Waals surface area contributed by atoms with E-state index in [4.69, 9.17) is 9.47 Å². The molecule has 0 radical (unpaired) electrons. The molecule has 0 saturated heterocycles. The highest BCUT2D eigenvalue weighted by Gasteiger charge is 2.25. The number of methoxy groups -OCH3 is 1. The van der Waals surface area contributed by atoms with Gasteiger partial charge >= 0.3 is 18.0 Å². The van der Waals surface area contributed by atoms with Gasteiger partial charge in [-0.1, -0.05) is 12.1 Å². The molecule has 1 aromatic heterocycles. The number of hydrogen-bond donors (Lipinski definition) is 2. The number of esters is 1. The van der Waals surface area contributed by atoms with Gasteiger partial charge in [0, 0.05) is 0 Å². The minimum absolute atomic E-state index is 0.0641. The standard InChI is InChI=1S/C14H15N5O6S/c1-3-25-11(20)9-6-4-5-7-10(9)26(22,23)19-13(21)17-12-15-8-16-14(18-12)24-2/h4-8H,3H2,1-2H3,(H2,15,16,17,18,19,21). The lowest BCUT2D eigenvalue weighted by Crippen LogP contribution is -2.35. The Labute approximate surface area is 148 Å². The Morgan fingerprint density at radius 2 is 1.92 bits per heavy atom. The van der Waals surface area contributed by atoms with Gasteiger partial charge in [0.05, 0.1) is 19.3 Å². The van der Waals surface area contributed by atoms with Gasteiger partial charge in [-0.25, -0.2) is 27.7 Å². The summed E-state index contributed by atoms with van der Waals surface area (Å²) >= 11 is 0. The Hall–Kier alpha value is -3.28. The highest BCUT2D eigenvalue weighted by molar-refractivity contribution is 7.90. The first kappa shape index (κ1) is 19.1. The van der Waals surface area contributed by atoms with Crippen LogP contribution in [0.25, 0.3) is 0 Å². The molecule has 0 fully saturated rings. The Bertz CT molecular complexity index is 918. The van der Waals surface area contributed by atoms with Gasteiger partial charge in [0.15, 0.2) is 0 Å². The summed E-state index contributed by atoms with van der Waals surface area (Å²) in [5.41, 5.74) is -0.198. The maximum atomic E-state index is 12.4. The SMILES string of the molecule is CCOC(=O)c1ccccc1S(=O)(=O)NC(=O)Nc1ncnc(OC)n1. The number of rotatable bonds is 6. The average molecular weight is 381 g/mol. The molecule has 2 aromatic rings. The smallest absolute Gasteiger partial charge is 0.339 e.